The molecule has 0 aliphatic heterocycles. The Hall–Kier alpha value is -3.53. The Morgan fingerprint density at radius 2 is 1.68 bits per heavy atom. The fourth-order valence-electron chi connectivity index (χ4n) is 3.39. The number of ether oxygens (including phenoxy) is 1. The third kappa shape index (κ3) is 3.49. The zero-order valence-electron chi connectivity index (χ0n) is 15.6. The molecule has 0 amide bonds. The number of fused-ring (bicyclic) bond motifs is 1. The first-order valence-electron chi connectivity index (χ1n) is 9.29. The first-order valence-corrected chi connectivity index (χ1v) is 9.29. The Kier molecular flexibility index (Phi) is 4.85. The number of aryl methyl sites for hydroxylation is 1. The quantitative estimate of drug-likeness (QED) is 0.480. The lowest BCUT2D eigenvalue weighted by Gasteiger charge is -2.08. The Labute approximate surface area is 163 Å². The van der Waals surface area contributed by atoms with Gasteiger partial charge in [-0.15, -0.1) is 0 Å². The summed E-state index contributed by atoms with van der Waals surface area (Å²) in [5.74, 6) is -0.101. The van der Waals surface area contributed by atoms with E-state index in [-0.39, 0.29) is 0 Å². The Bertz CT molecular complexity index is 1110. The molecule has 0 aliphatic carbocycles. The molecule has 140 valence electrons. The molecule has 0 fully saturated rings. The van der Waals surface area contributed by atoms with Crippen LogP contribution in [0.4, 0.5) is 0 Å². The zero-order valence-corrected chi connectivity index (χ0v) is 15.6. The van der Waals surface area contributed by atoms with E-state index in [2.05, 4.69) is 0 Å². The van der Waals surface area contributed by atoms with E-state index in [9.17, 15) is 9.90 Å². The molecular weight excluding hydrogens is 350 g/mol. The van der Waals surface area contributed by atoms with E-state index in [0.29, 0.717) is 12.2 Å². The van der Waals surface area contributed by atoms with Gasteiger partial charge in [-0.2, -0.15) is 0 Å². The molecule has 0 atom stereocenters. The third-order valence-corrected chi connectivity index (χ3v) is 4.89. The van der Waals surface area contributed by atoms with Crippen LogP contribution in [0.3, 0.4) is 0 Å². The van der Waals surface area contributed by atoms with E-state index >= 15 is 0 Å². The van der Waals surface area contributed by atoms with Gasteiger partial charge in [-0.1, -0.05) is 48.5 Å². The molecule has 4 rings (SSSR count). The molecule has 0 spiro atoms. The summed E-state index contributed by atoms with van der Waals surface area (Å²) in [6.45, 7) is 3.27. The highest BCUT2D eigenvalue weighted by Crippen LogP contribution is 2.29. The van der Waals surface area contributed by atoms with Crippen molar-refractivity contribution in [3.05, 3.63) is 90.1 Å². The summed E-state index contributed by atoms with van der Waals surface area (Å²) in [6, 6.07) is 23.9. The Balaban J connectivity index is 1.59. The summed E-state index contributed by atoms with van der Waals surface area (Å²) in [6.07, 6.45) is 1.71. The Morgan fingerprint density at radius 1 is 0.964 bits per heavy atom. The molecule has 1 N–H and O–H groups in total. The molecular formula is C24H21NO3. The number of aromatic carboxylic acids is 1. The van der Waals surface area contributed by atoms with Crippen LogP contribution in [0.5, 0.6) is 5.75 Å². The van der Waals surface area contributed by atoms with Crippen molar-refractivity contribution in [2.45, 2.75) is 20.1 Å². The molecule has 28 heavy (non-hydrogen) atoms. The number of rotatable bonds is 6. The largest absolute Gasteiger partial charge is 0.489 e. The van der Waals surface area contributed by atoms with Crippen LogP contribution in [0.15, 0.2) is 79.0 Å². The van der Waals surface area contributed by atoms with Gasteiger partial charge >= 0.3 is 5.97 Å². The number of carboxylic acids is 1. The average Bonchev–Trinajstić information content (AvgIpc) is 3.12. The molecule has 4 nitrogen and oxygen atoms in total. The number of hydrogen-bond donors (Lipinski definition) is 1. The minimum absolute atomic E-state index is 0.335. The van der Waals surface area contributed by atoms with Gasteiger partial charge in [0.15, 0.2) is 0 Å². The lowest BCUT2D eigenvalue weighted by atomic mass is 10.0. The van der Waals surface area contributed by atoms with Gasteiger partial charge in [-0.3, -0.25) is 0 Å². The third-order valence-electron chi connectivity index (χ3n) is 4.89. The molecule has 1 aromatic heterocycles. The second-order valence-electron chi connectivity index (χ2n) is 6.66. The van der Waals surface area contributed by atoms with Crippen molar-refractivity contribution in [1.29, 1.82) is 0 Å². The van der Waals surface area contributed by atoms with Crippen LogP contribution in [-0.2, 0) is 13.2 Å². The summed E-state index contributed by atoms with van der Waals surface area (Å²) in [4.78, 5) is 11.6. The van der Waals surface area contributed by atoms with E-state index in [1.54, 1.807) is 6.20 Å². The van der Waals surface area contributed by atoms with Crippen molar-refractivity contribution in [1.82, 2.24) is 4.57 Å². The van der Waals surface area contributed by atoms with Crippen LogP contribution in [-0.4, -0.2) is 15.6 Å². The summed E-state index contributed by atoms with van der Waals surface area (Å²) < 4.78 is 7.80. The van der Waals surface area contributed by atoms with E-state index in [1.165, 1.54) is 0 Å². The van der Waals surface area contributed by atoms with Crippen LogP contribution in [0.1, 0.15) is 22.8 Å². The number of hydrogen-bond acceptors (Lipinski definition) is 2. The van der Waals surface area contributed by atoms with E-state index < -0.39 is 5.97 Å². The standard InChI is InChI=1S/C24H21NO3/c1-2-25-15-22(24(26)27)21-14-19(10-13-23(21)25)18-8-11-20(12-9-18)28-16-17-6-4-3-5-7-17/h3-15H,2,16H2,1H3,(H,26,27). The van der Waals surface area contributed by atoms with Crippen LogP contribution in [0, 0.1) is 0 Å². The van der Waals surface area contributed by atoms with Gasteiger partial charge in [0.25, 0.3) is 0 Å². The summed E-state index contributed by atoms with van der Waals surface area (Å²) in [5.41, 5.74) is 4.40. The van der Waals surface area contributed by atoms with Crippen LogP contribution >= 0.6 is 0 Å². The molecule has 0 saturated carbocycles. The summed E-state index contributed by atoms with van der Waals surface area (Å²) in [7, 11) is 0. The predicted molar refractivity (Wildman–Crippen MR) is 111 cm³/mol. The van der Waals surface area contributed by atoms with Crippen LogP contribution < -0.4 is 4.74 Å². The molecule has 0 aliphatic rings. The van der Waals surface area contributed by atoms with Gasteiger partial charge in [0.1, 0.15) is 12.4 Å². The van der Waals surface area contributed by atoms with Gasteiger partial charge in [-0.25, -0.2) is 4.79 Å². The van der Waals surface area contributed by atoms with Gasteiger partial charge < -0.3 is 14.4 Å². The van der Waals surface area contributed by atoms with Crippen molar-refractivity contribution in [3.63, 3.8) is 0 Å². The smallest absolute Gasteiger partial charge is 0.337 e. The molecule has 0 saturated heterocycles. The maximum absolute atomic E-state index is 11.6. The number of nitrogens with zero attached hydrogens (tertiary/aromatic N) is 1. The first-order chi connectivity index (χ1) is 13.7. The SMILES string of the molecule is CCn1cc(C(=O)O)c2cc(-c3ccc(OCc4ccccc4)cc3)ccc21. The number of carboxylic acid groups (broad SMARTS) is 1. The molecule has 0 radical (unpaired) electrons. The van der Waals surface area contributed by atoms with E-state index in [0.717, 1.165) is 39.9 Å². The number of benzene rings is 3. The minimum atomic E-state index is -0.904. The summed E-state index contributed by atoms with van der Waals surface area (Å²) in [5, 5.41) is 10.3. The first kappa shape index (κ1) is 17.9. The van der Waals surface area contributed by atoms with Crippen molar-refractivity contribution < 1.29 is 14.6 Å². The monoisotopic (exact) mass is 371 g/mol. The minimum Gasteiger partial charge on any atom is -0.489 e. The van der Waals surface area contributed by atoms with E-state index in [4.69, 9.17) is 4.74 Å². The highest BCUT2D eigenvalue weighted by atomic mass is 16.5. The van der Waals surface area contributed by atoms with Crippen molar-refractivity contribution in [2.24, 2.45) is 0 Å². The molecule has 0 unspecified atom stereocenters. The van der Waals surface area contributed by atoms with Crippen molar-refractivity contribution >= 4 is 16.9 Å². The van der Waals surface area contributed by atoms with Crippen LogP contribution in [0.2, 0.25) is 0 Å². The van der Waals surface area contributed by atoms with Crippen molar-refractivity contribution in [3.8, 4) is 16.9 Å². The van der Waals surface area contributed by atoms with Gasteiger partial charge in [0.05, 0.1) is 5.56 Å². The fourth-order valence-corrected chi connectivity index (χ4v) is 3.39. The molecule has 1 heterocycles. The highest BCUT2D eigenvalue weighted by Gasteiger charge is 2.14. The summed E-state index contributed by atoms with van der Waals surface area (Å²) >= 11 is 0. The number of aromatic nitrogens is 1. The van der Waals surface area contributed by atoms with Crippen molar-refractivity contribution in [2.75, 3.05) is 0 Å². The number of carbonyl (C=O) groups is 1. The second-order valence-corrected chi connectivity index (χ2v) is 6.66. The molecule has 3 aromatic carbocycles. The van der Waals surface area contributed by atoms with Gasteiger partial charge in [-0.05, 0) is 47.9 Å². The molecule has 4 heteroatoms. The maximum atomic E-state index is 11.6. The predicted octanol–water partition coefficient (Wildman–Crippen LogP) is 5.61. The van der Waals surface area contributed by atoms with Crippen LogP contribution in [0.25, 0.3) is 22.0 Å². The lowest BCUT2D eigenvalue weighted by molar-refractivity contribution is 0.0699. The maximum Gasteiger partial charge on any atom is 0.337 e. The van der Waals surface area contributed by atoms with Gasteiger partial charge in [0, 0.05) is 23.6 Å². The second kappa shape index (κ2) is 7.61. The Morgan fingerprint density at radius 3 is 2.36 bits per heavy atom. The van der Waals surface area contributed by atoms with Gasteiger partial charge in [0.2, 0.25) is 0 Å². The lowest BCUT2D eigenvalue weighted by Crippen LogP contribution is -1.95. The van der Waals surface area contributed by atoms with E-state index in [1.807, 2.05) is 84.3 Å². The molecule has 0 bridgehead atoms. The molecule has 4 aromatic rings. The fraction of sp³-hybridized carbons (Fsp3) is 0.125. The average molecular weight is 371 g/mol. The normalized spacial score (nSPS) is 10.9. The topological polar surface area (TPSA) is 51.5 Å². The zero-order chi connectivity index (χ0) is 19.5. The highest BCUT2D eigenvalue weighted by molar-refractivity contribution is 6.04.